The summed E-state index contributed by atoms with van der Waals surface area (Å²) in [5.41, 5.74) is 0.786. The Hall–Kier alpha value is -4.25. The number of nitrogens with zero attached hydrogens (tertiary/aromatic N) is 4. The fraction of sp³-hybridized carbons (Fsp3) is 0.208. The maximum Gasteiger partial charge on any atom is 0.286 e. The highest BCUT2D eigenvalue weighted by molar-refractivity contribution is 7.22. The molecular formula is C24H22N4O6S. The highest BCUT2D eigenvalue weighted by Crippen LogP contribution is 2.38. The van der Waals surface area contributed by atoms with Crippen LogP contribution in [0.2, 0.25) is 0 Å². The number of anilines is 1. The monoisotopic (exact) mass is 494 g/mol. The number of methoxy groups -OCH3 is 2. The van der Waals surface area contributed by atoms with E-state index in [4.69, 9.17) is 14.2 Å². The summed E-state index contributed by atoms with van der Waals surface area (Å²) < 4.78 is 17.0. The van der Waals surface area contributed by atoms with Crippen LogP contribution in [0.5, 0.6) is 17.2 Å². The number of hydrogen-bond acceptors (Lipinski definition) is 9. The number of ether oxygens (including phenoxy) is 3. The molecule has 10 nitrogen and oxygen atoms in total. The minimum atomic E-state index is -0.622. The normalized spacial score (nSPS) is 10.7. The Morgan fingerprint density at radius 1 is 1.11 bits per heavy atom. The van der Waals surface area contributed by atoms with Crippen LogP contribution >= 0.6 is 11.3 Å². The number of rotatable bonds is 9. The van der Waals surface area contributed by atoms with E-state index in [-0.39, 0.29) is 23.6 Å². The number of benzene rings is 2. The number of aromatic nitrogens is 2. The molecule has 180 valence electrons. The predicted molar refractivity (Wildman–Crippen MR) is 132 cm³/mol. The maximum atomic E-state index is 13.9. The molecule has 0 radical (unpaired) electrons. The minimum absolute atomic E-state index is 0.0992. The van der Waals surface area contributed by atoms with Crippen LogP contribution in [0.25, 0.3) is 10.2 Å². The number of carbonyl (C=O) groups excluding carboxylic acids is 1. The first-order valence-corrected chi connectivity index (χ1v) is 11.4. The van der Waals surface area contributed by atoms with Crippen LogP contribution in [0.15, 0.2) is 54.9 Å². The molecule has 0 aliphatic heterocycles. The molecular weight excluding hydrogens is 472 g/mol. The number of nitro benzene ring substituents is 1. The highest BCUT2D eigenvalue weighted by atomic mass is 32.1. The van der Waals surface area contributed by atoms with Crippen molar-refractivity contribution in [3.05, 3.63) is 76.1 Å². The smallest absolute Gasteiger partial charge is 0.286 e. The fourth-order valence-electron chi connectivity index (χ4n) is 3.54. The average molecular weight is 495 g/mol. The molecule has 0 saturated carbocycles. The van der Waals surface area contributed by atoms with E-state index in [1.807, 2.05) is 31.2 Å². The summed E-state index contributed by atoms with van der Waals surface area (Å²) >= 11 is 1.29. The molecule has 35 heavy (non-hydrogen) atoms. The van der Waals surface area contributed by atoms with Crippen molar-refractivity contribution in [2.24, 2.45) is 0 Å². The Bertz CT molecular complexity index is 1380. The largest absolute Gasteiger partial charge is 0.493 e. The van der Waals surface area contributed by atoms with Gasteiger partial charge in [-0.3, -0.25) is 24.8 Å². The van der Waals surface area contributed by atoms with Crippen molar-refractivity contribution in [1.82, 2.24) is 9.97 Å². The summed E-state index contributed by atoms with van der Waals surface area (Å²) in [6.07, 6.45) is 3.25. The number of carbonyl (C=O) groups is 1. The van der Waals surface area contributed by atoms with Gasteiger partial charge in [-0.1, -0.05) is 23.5 Å². The van der Waals surface area contributed by atoms with Crippen molar-refractivity contribution < 1.29 is 23.9 Å². The number of para-hydroxylation sites is 1. The van der Waals surface area contributed by atoms with E-state index in [1.165, 1.54) is 42.6 Å². The van der Waals surface area contributed by atoms with Gasteiger partial charge in [0.05, 0.1) is 43.1 Å². The zero-order valence-corrected chi connectivity index (χ0v) is 20.1. The van der Waals surface area contributed by atoms with E-state index in [9.17, 15) is 14.9 Å². The molecule has 2 heterocycles. The maximum absolute atomic E-state index is 13.9. The SMILES string of the molecule is CCOc1cccc2sc(N(Cc3cccnc3)C(=O)c3cc(OC)c(OC)cc3[N+](=O)[O-])nc12. The Kier molecular flexibility index (Phi) is 7.06. The van der Waals surface area contributed by atoms with E-state index < -0.39 is 16.5 Å². The number of pyridine rings is 1. The quantitative estimate of drug-likeness (QED) is 0.239. The Labute approximate surface area is 204 Å². The van der Waals surface area contributed by atoms with E-state index in [2.05, 4.69) is 9.97 Å². The topological polar surface area (TPSA) is 117 Å². The number of nitro groups is 1. The Morgan fingerprint density at radius 2 is 1.89 bits per heavy atom. The summed E-state index contributed by atoms with van der Waals surface area (Å²) in [5.74, 6) is 0.332. The van der Waals surface area contributed by atoms with E-state index >= 15 is 0 Å². The molecule has 1 amide bonds. The van der Waals surface area contributed by atoms with Gasteiger partial charge in [-0.2, -0.15) is 0 Å². The molecule has 4 aromatic rings. The van der Waals surface area contributed by atoms with Gasteiger partial charge < -0.3 is 14.2 Å². The zero-order valence-electron chi connectivity index (χ0n) is 19.3. The molecule has 0 N–H and O–H groups in total. The van der Waals surface area contributed by atoms with Gasteiger partial charge in [-0.05, 0) is 30.7 Å². The van der Waals surface area contributed by atoms with Gasteiger partial charge in [0.1, 0.15) is 16.8 Å². The molecule has 0 aliphatic rings. The summed E-state index contributed by atoms with van der Waals surface area (Å²) in [6.45, 7) is 2.44. The minimum Gasteiger partial charge on any atom is -0.493 e. The molecule has 0 fully saturated rings. The lowest BCUT2D eigenvalue weighted by molar-refractivity contribution is -0.385. The first kappa shape index (κ1) is 23.9. The molecule has 2 aromatic carbocycles. The molecule has 0 unspecified atom stereocenters. The predicted octanol–water partition coefficient (Wildman–Crippen LogP) is 4.86. The highest BCUT2D eigenvalue weighted by Gasteiger charge is 2.30. The van der Waals surface area contributed by atoms with Crippen molar-refractivity contribution in [1.29, 1.82) is 0 Å². The number of amides is 1. The van der Waals surface area contributed by atoms with Crippen molar-refractivity contribution in [3.8, 4) is 17.2 Å². The molecule has 0 spiro atoms. The number of hydrogen-bond donors (Lipinski definition) is 0. The Morgan fingerprint density at radius 3 is 2.54 bits per heavy atom. The molecule has 0 saturated heterocycles. The van der Waals surface area contributed by atoms with Crippen molar-refractivity contribution >= 4 is 38.3 Å². The van der Waals surface area contributed by atoms with Crippen LogP contribution < -0.4 is 19.1 Å². The van der Waals surface area contributed by atoms with Gasteiger partial charge in [-0.25, -0.2) is 4.98 Å². The average Bonchev–Trinajstić information content (AvgIpc) is 3.31. The molecule has 0 atom stereocenters. The van der Waals surface area contributed by atoms with E-state index in [1.54, 1.807) is 18.5 Å². The second kappa shape index (κ2) is 10.3. The number of thiazole rings is 1. The van der Waals surface area contributed by atoms with Gasteiger partial charge in [0.25, 0.3) is 11.6 Å². The first-order valence-electron chi connectivity index (χ1n) is 10.6. The zero-order chi connectivity index (χ0) is 24.9. The molecule has 11 heteroatoms. The van der Waals surface area contributed by atoms with Crippen molar-refractivity contribution in [3.63, 3.8) is 0 Å². The third-order valence-corrected chi connectivity index (χ3v) is 6.18. The Balaban J connectivity index is 1.87. The van der Waals surface area contributed by atoms with Gasteiger partial charge in [0, 0.05) is 18.5 Å². The second-order valence-electron chi connectivity index (χ2n) is 7.27. The molecule has 0 bridgehead atoms. The first-order chi connectivity index (χ1) is 17.0. The van der Waals surface area contributed by atoms with Crippen molar-refractivity contribution in [2.45, 2.75) is 13.5 Å². The van der Waals surface area contributed by atoms with Crippen LogP contribution in [0.1, 0.15) is 22.8 Å². The summed E-state index contributed by atoms with van der Waals surface area (Å²) in [7, 11) is 2.77. The lowest BCUT2D eigenvalue weighted by Crippen LogP contribution is -2.31. The standard InChI is InChI=1S/C24H22N4O6S/c1-4-34-18-8-5-9-21-22(18)26-24(35-21)27(14-15-7-6-10-25-13-15)23(29)16-11-19(32-2)20(33-3)12-17(16)28(30)31/h5-13H,4,14H2,1-3H3. The van der Waals surface area contributed by atoms with E-state index in [0.717, 1.165) is 10.3 Å². The molecule has 2 aromatic heterocycles. The molecule has 4 rings (SSSR count). The third-order valence-electron chi connectivity index (χ3n) is 5.14. The summed E-state index contributed by atoms with van der Waals surface area (Å²) in [4.78, 5) is 35.3. The van der Waals surface area contributed by atoms with Gasteiger partial charge in [0.15, 0.2) is 16.6 Å². The molecule has 0 aliphatic carbocycles. The van der Waals surface area contributed by atoms with Crippen LogP contribution in [0.4, 0.5) is 10.8 Å². The number of fused-ring (bicyclic) bond motifs is 1. The van der Waals surface area contributed by atoms with Gasteiger partial charge in [0.2, 0.25) is 0 Å². The van der Waals surface area contributed by atoms with Crippen molar-refractivity contribution in [2.75, 3.05) is 25.7 Å². The van der Waals surface area contributed by atoms with Crippen LogP contribution in [-0.4, -0.2) is 41.6 Å². The fourth-order valence-corrected chi connectivity index (χ4v) is 4.52. The lowest BCUT2D eigenvalue weighted by atomic mass is 10.1. The lowest BCUT2D eigenvalue weighted by Gasteiger charge is -2.20. The summed E-state index contributed by atoms with van der Waals surface area (Å²) in [5, 5.41) is 12.2. The second-order valence-corrected chi connectivity index (χ2v) is 8.28. The van der Waals surface area contributed by atoms with E-state index in [0.29, 0.717) is 23.0 Å². The van der Waals surface area contributed by atoms with Gasteiger partial charge >= 0.3 is 0 Å². The summed E-state index contributed by atoms with van der Waals surface area (Å²) in [6, 6.07) is 11.6. The van der Waals surface area contributed by atoms with Crippen LogP contribution in [-0.2, 0) is 6.54 Å². The van der Waals surface area contributed by atoms with Crippen LogP contribution in [0, 0.1) is 10.1 Å². The third kappa shape index (κ3) is 4.85. The van der Waals surface area contributed by atoms with Crippen LogP contribution in [0.3, 0.4) is 0 Å². The van der Waals surface area contributed by atoms with Gasteiger partial charge in [-0.15, -0.1) is 0 Å².